The number of oxazole rings is 1. The minimum Gasteiger partial charge on any atom is -0.454 e. The van der Waals surface area contributed by atoms with Gasteiger partial charge in [-0.15, -0.1) is 0 Å². The van der Waals surface area contributed by atoms with E-state index in [4.69, 9.17) is 35.2 Å². The van der Waals surface area contributed by atoms with Gasteiger partial charge in [-0.25, -0.2) is 4.98 Å². The number of aryl methyl sites for hydroxylation is 1. The minimum atomic E-state index is 0.209. The van der Waals surface area contributed by atoms with E-state index in [-0.39, 0.29) is 6.79 Å². The third kappa shape index (κ3) is 3.41. The van der Waals surface area contributed by atoms with Crippen LogP contribution in [0.25, 0.3) is 11.5 Å². The van der Waals surface area contributed by atoms with Crippen LogP contribution in [0.15, 0.2) is 16.5 Å². The molecule has 7 heteroatoms. The van der Waals surface area contributed by atoms with Gasteiger partial charge in [0.1, 0.15) is 5.76 Å². The maximum atomic E-state index is 6.40. The summed E-state index contributed by atoms with van der Waals surface area (Å²) in [5.41, 5.74) is 1.66. The Bertz CT molecular complexity index is 790. The lowest BCUT2D eigenvalue weighted by molar-refractivity contribution is 0.0590. The van der Waals surface area contributed by atoms with Crippen molar-refractivity contribution in [2.45, 2.75) is 38.8 Å². The molecule has 0 N–H and O–H groups in total. The Morgan fingerprint density at radius 3 is 2.88 bits per heavy atom. The van der Waals surface area contributed by atoms with Crippen molar-refractivity contribution in [2.75, 3.05) is 27.1 Å². The molecular weight excluding hydrogens is 356 g/mol. The first-order valence-electron chi connectivity index (χ1n) is 8.94. The highest BCUT2D eigenvalue weighted by Crippen LogP contribution is 2.41. The Morgan fingerprint density at radius 1 is 1.27 bits per heavy atom. The predicted octanol–water partition coefficient (Wildman–Crippen LogP) is 4.03. The first kappa shape index (κ1) is 17.6. The number of nitrogens with zero attached hydrogens (tertiary/aromatic N) is 2. The van der Waals surface area contributed by atoms with Gasteiger partial charge in [-0.2, -0.15) is 0 Å². The molecule has 0 bridgehead atoms. The van der Waals surface area contributed by atoms with Gasteiger partial charge in [0.2, 0.25) is 12.7 Å². The van der Waals surface area contributed by atoms with E-state index in [1.165, 1.54) is 12.8 Å². The highest BCUT2D eigenvalue weighted by molar-refractivity contribution is 6.33. The van der Waals surface area contributed by atoms with Crippen LogP contribution in [0.4, 0.5) is 0 Å². The van der Waals surface area contributed by atoms with Crippen LogP contribution in [0, 0.1) is 6.92 Å². The second-order valence-corrected chi connectivity index (χ2v) is 7.19. The van der Waals surface area contributed by atoms with Crippen LogP contribution in [-0.2, 0) is 11.3 Å². The fourth-order valence-corrected chi connectivity index (χ4v) is 3.85. The number of hydrogen-bond donors (Lipinski definition) is 0. The Balaban J connectivity index is 1.58. The van der Waals surface area contributed by atoms with Crippen LogP contribution in [0.1, 0.15) is 30.7 Å². The van der Waals surface area contributed by atoms with E-state index in [1.807, 2.05) is 13.0 Å². The van der Waals surface area contributed by atoms with Crippen LogP contribution >= 0.6 is 11.6 Å². The first-order chi connectivity index (χ1) is 12.7. The summed E-state index contributed by atoms with van der Waals surface area (Å²) < 4.78 is 22.1. The zero-order valence-corrected chi connectivity index (χ0v) is 15.8. The summed E-state index contributed by atoms with van der Waals surface area (Å²) in [6.45, 7) is 4.71. The van der Waals surface area contributed by atoms with Gasteiger partial charge in [-0.3, -0.25) is 4.90 Å². The van der Waals surface area contributed by atoms with Gasteiger partial charge in [0.25, 0.3) is 0 Å². The highest BCUT2D eigenvalue weighted by atomic mass is 35.5. The molecular formula is C19H23ClN2O4. The molecule has 1 fully saturated rings. The molecule has 1 atom stereocenters. The van der Waals surface area contributed by atoms with Gasteiger partial charge in [-0.05, 0) is 32.4 Å². The summed E-state index contributed by atoms with van der Waals surface area (Å²) >= 11 is 6.40. The number of ether oxygens (including phenoxy) is 3. The molecule has 0 spiro atoms. The van der Waals surface area contributed by atoms with Crippen molar-refractivity contribution < 1.29 is 18.6 Å². The normalized spacial score (nSPS) is 19.9. The molecule has 0 amide bonds. The van der Waals surface area contributed by atoms with E-state index in [2.05, 4.69) is 4.90 Å². The SMILES string of the molecule is COC[C@@H]1CCCCN1Cc1nc(-c2cc3c(cc2Cl)OCO3)oc1C. The predicted molar refractivity (Wildman–Crippen MR) is 97.7 cm³/mol. The van der Waals surface area contributed by atoms with Crippen LogP contribution < -0.4 is 9.47 Å². The Kier molecular flexibility index (Phi) is 5.07. The number of piperidine rings is 1. The van der Waals surface area contributed by atoms with Crippen molar-refractivity contribution in [2.24, 2.45) is 0 Å². The molecule has 2 aliphatic heterocycles. The van der Waals surface area contributed by atoms with Crippen LogP contribution in [-0.4, -0.2) is 43.0 Å². The molecule has 3 heterocycles. The van der Waals surface area contributed by atoms with Crippen LogP contribution in [0.3, 0.4) is 0 Å². The number of fused-ring (bicyclic) bond motifs is 1. The van der Waals surface area contributed by atoms with Crippen molar-refractivity contribution in [3.63, 3.8) is 0 Å². The standard InChI is InChI=1S/C19H23ClN2O4/c1-12-16(9-22-6-4-3-5-13(22)10-23-2)21-19(26-12)14-7-17-18(8-15(14)20)25-11-24-17/h7-8,13H,3-6,9-11H2,1-2H3/t13-/m0/s1. The minimum absolute atomic E-state index is 0.209. The smallest absolute Gasteiger partial charge is 0.231 e. The molecule has 0 saturated carbocycles. The molecule has 4 rings (SSSR count). The number of halogens is 1. The van der Waals surface area contributed by atoms with Gasteiger partial charge in [0.05, 0.1) is 22.9 Å². The second kappa shape index (κ2) is 7.47. The molecule has 6 nitrogen and oxygen atoms in total. The quantitative estimate of drug-likeness (QED) is 0.782. The summed E-state index contributed by atoms with van der Waals surface area (Å²) in [4.78, 5) is 7.16. The Morgan fingerprint density at radius 2 is 2.08 bits per heavy atom. The molecule has 0 unspecified atom stereocenters. The number of likely N-dealkylation sites (tertiary alicyclic amines) is 1. The molecule has 1 aromatic carbocycles. The van der Waals surface area contributed by atoms with Crippen molar-refractivity contribution >= 4 is 11.6 Å². The number of aromatic nitrogens is 1. The topological polar surface area (TPSA) is 57.0 Å². The average Bonchev–Trinajstić information content (AvgIpc) is 3.22. The van der Waals surface area contributed by atoms with Crippen LogP contribution in [0.2, 0.25) is 5.02 Å². The van der Waals surface area contributed by atoms with E-state index < -0.39 is 0 Å². The van der Waals surface area contributed by atoms with E-state index >= 15 is 0 Å². The fraction of sp³-hybridized carbons (Fsp3) is 0.526. The number of rotatable bonds is 5. The first-order valence-corrected chi connectivity index (χ1v) is 9.32. The van der Waals surface area contributed by atoms with Crippen molar-refractivity contribution in [1.82, 2.24) is 9.88 Å². The lowest BCUT2D eigenvalue weighted by atomic mass is 10.0. The lowest BCUT2D eigenvalue weighted by Gasteiger charge is -2.34. The molecule has 140 valence electrons. The van der Waals surface area contributed by atoms with Gasteiger partial charge in [-0.1, -0.05) is 18.0 Å². The summed E-state index contributed by atoms with van der Waals surface area (Å²) in [6.07, 6.45) is 3.62. The third-order valence-corrected chi connectivity index (χ3v) is 5.36. The molecule has 1 aromatic heterocycles. The van der Waals surface area contributed by atoms with Gasteiger partial charge >= 0.3 is 0 Å². The van der Waals surface area contributed by atoms with Crippen LogP contribution in [0.5, 0.6) is 11.5 Å². The van der Waals surface area contributed by atoms with Gasteiger partial charge < -0.3 is 18.6 Å². The highest BCUT2D eigenvalue weighted by Gasteiger charge is 2.26. The molecule has 1 saturated heterocycles. The van der Waals surface area contributed by atoms with E-state index in [0.717, 1.165) is 43.1 Å². The molecule has 0 radical (unpaired) electrons. The fourth-order valence-electron chi connectivity index (χ4n) is 3.61. The second-order valence-electron chi connectivity index (χ2n) is 6.78. The monoisotopic (exact) mass is 378 g/mol. The zero-order valence-electron chi connectivity index (χ0n) is 15.1. The van der Waals surface area contributed by atoms with E-state index in [1.54, 1.807) is 13.2 Å². The molecule has 2 aliphatic rings. The molecule has 26 heavy (non-hydrogen) atoms. The average molecular weight is 379 g/mol. The number of hydrogen-bond acceptors (Lipinski definition) is 6. The Labute approximate surface area is 158 Å². The third-order valence-electron chi connectivity index (χ3n) is 5.05. The Hall–Kier alpha value is -1.76. The largest absolute Gasteiger partial charge is 0.454 e. The number of methoxy groups -OCH3 is 1. The van der Waals surface area contributed by atoms with E-state index in [9.17, 15) is 0 Å². The summed E-state index contributed by atoms with van der Waals surface area (Å²) in [5.74, 6) is 2.65. The van der Waals surface area contributed by atoms with Gasteiger partial charge in [0, 0.05) is 25.8 Å². The maximum Gasteiger partial charge on any atom is 0.231 e. The zero-order chi connectivity index (χ0) is 18.1. The summed E-state index contributed by atoms with van der Waals surface area (Å²) in [7, 11) is 1.76. The molecule has 2 aromatic rings. The summed E-state index contributed by atoms with van der Waals surface area (Å²) in [5, 5.41) is 0.539. The maximum absolute atomic E-state index is 6.40. The van der Waals surface area contributed by atoms with Crippen molar-refractivity contribution in [3.05, 3.63) is 28.6 Å². The number of benzene rings is 1. The van der Waals surface area contributed by atoms with Crippen molar-refractivity contribution in [3.8, 4) is 23.0 Å². The van der Waals surface area contributed by atoms with E-state index in [0.29, 0.717) is 28.5 Å². The lowest BCUT2D eigenvalue weighted by Crippen LogP contribution is -2.41. The molecule has 0 aliphatic carbocycles. The summed E-state index contributed by atoms with van der Waals surface area (Å²) in [6, 6.07) is 4.01. The van der Waals surface area contributed by atoms with Gasteiger partial charge in [0.15, 0.2) is 11.5 Å². The van der Waals surface area contributed by atoms with Crippen molar-refractivity contribution in [1.29, 1.82) is 0 Å².